The van der Waals surface area contributed by atoms with E-state index in [1.54, 1.807) is 7.11 Å². The van der Waals surface area contributed by atoms with Crippen molar-refractivity contribution in [2.75, 3.05) is 7.11 Å². The lowest BCUT2D eigenvalue weighted by atomic mass is 10.1. The van der Waals surface area contributed by atoms with Gasteiger partial charge in [0, 0.05) is 7.11 Å². The van der Waals surface area contributed by atoms with E-state index >= 15 is 0 Å². The summed E-state index contributed by atoms with van der Waals surface area (Å²) in [5.41, 5.74) is 0. The SMILES string of the molecule is COC(C#N)C1CCC(C)O1. The maximum absolute atomic E-state index is 8.62. The summed E-state index contributed by atoms with van der Waals surface area (Å²) in [5, 5.41) is 8.62. The van der Waals surface area contributed by atoms with Gasteiger partial charge in [-0.2, -0.15) is 5.26 Å². The predicted molar refractivity (Wildman–Crippen MR) is 40.0 cm³/mol. The Balaban J connectivity index is 2.42. The molecule has 0 aromatic heterocycles. The van der Waals surface area contributed by atoms with Gasteiger partial charge >= 0.3 is 0 Å². The first kappa shape index (κ1) is 8.51. The van der Waals surface area contributed by atoms with Crippen LogP contribution in [-0.2, 0) is 9.47 Å². The first-order chi connectivity index (χ1) is 5.27. The van der Waals surface area contributed by atoms with E-state index in [1.807, 2.05) is 6.92 Å². The molecule has 1 fully saturated rings. The van der Waals surface area contributed by atoms with Crippen LogP contribution in [0.2, 0.25) is 0 Å². The second-order valence-corrected chi connectivity index (χ2v) is 2.85. The number of rotatable bonds is 2. The van der Waals surface area contributed by atoms with Gasteiger partial charge in [-0.3, -0.25) is 0 Å². The molecule has 3 unspecified atom stereocenters. The highest BCUT2D eigenvalue weighted by molar-refractivity contribution is 4.93. The molecular weight excluding hydrogens is 142 g/mol. The Kier molecular flexibility index (Phi) is 2.86. The highest BCUT2D eigenvalue weighted by Gasteiger charge is 2.29. The van der Waals surface area contributed by atoms with Crippen molar-refractivity contribution < 1.29 is 9.47 Å². The standard InChI is InChI=1S/C8H13NO2/c1-6-3-4-7(11-6)8(5-9)10-2/h6-8H,3-4H2,1-2H3. The third kappa shape index (κ3) is 1.92. The molecular formula is C8H13NO2. The van der Waals surface area contributed by atoms with Crippen molar-refractivity contribution in [2.24, 2.45) is 0 Å². The summed E-state index contributed by atoms with van der Waals surface area (Å²) in [4.78, 5) is 0. The summed E-state index contributed by atoms with van der Waals surface area (Å²) in [5.74, 6) is 0. The van der Waals surface area contributed by atoms with Crippen molar-refractivity contribution >= 4 is 0 Å². The topological polar surface area (TPSA) is 42.2 Å². The highest BCUT2D eigenvalue weighted by Crippen LogP contribution is 2.22. The number of ether oxygens (including phenoxy) is 2. The molecule has 0 aromatic rings. The average molecular weight is 155 g/mol. The minimum atomic E-state index is -0.389. The molecule has 11 heavy (non-hydrogen) atoms. The summed E-state index contributed by atoms with van der Waals surface area (Å²) < 4.78 is 10.4. The van der Waals surface area contributed by atoms with Crippen LogP contribution in [0, 0.1) is 11.3 Å². The molecule has 1 aliphatic rings. The molecule has 1 heterocycles. The molecule has 0 aliphatic carbocycles. The van der Waals surface area contributed by atoms with E-state index in [9.17, 15) is 0 Å². The number of nitriles is 1. The molecule has 1 rings (SSSR count). The van der Waals surface area contributed by atoms with Gasteiger partial charge in [-0.15, -0.1) is 0 Å². The van der Waals surface area contributed by atoms with Gasteiger partial charge in [0.15, 0.2) is 6.10 Å². The van der Waals surface area contributed by atoms with Crippen molar-refractivity contribution in [3.05, 3.63) is 0 Å². The molecule has 1 saturated heterocycles. The van der Waals surface area contributed by atoms with Crippen LogP contribution in [-0.4, -0.2) is 25.4 Å². The van der Waals surface area contributed by atoms with Crippen LogP contribution in [0.5, 0.6) is 0 Å². The Morgan fingerprint density at radius 2 is 2.36 bits per heavy atom. The summed E-state index contributed by atoms with van der Waals surface area (Å²) in [6, 6.07) is 2.07. The van der Waals surface area contributed by atoms with Gasteiger partial charge in [0.25, 0.3) is 0 Å². The average Bonchev–Trinajstić information content (AvgIpc) is 2.39. The predicted octanol–water partition coefficient (Wildman–Crippen LogP) is 1.09. The smallest absolute Gasteiger partial charge is 0.169 e. The summed E-state index contributed by atoms with van der Waals surface area (Å²) >= 11 is 0. The Hall–Kier alpha value is -0.590. The van der Waals surface area contributed by atoms with Gasteiger partial charge in [-0.25, -0.2) is 0 Å². The van der Waals surface area contributed by atoms with E-state index in [0.717, 1.165) is 12.8 Å². The Morgan fingerprint density at radius 3 is 2.73 bits per heavy atom. The van der Waals surface area contributed by atoms with Crippen molar-refractivity contribution in [3.8, 4) is 6.07 Å². The summed E-state index contributed by atoms with van der Waals surface area (Å²) in [6.45, 7) is 2.02. The van der Waals surface area contributed by atoms with Gasteiger partial charge < -0.3 is 9.47 Å². The van der Waals surface area contributed by atoms with Crippen molar-refractivity contribution in [1.82, 2.24) is 0 Å². The zero-order valence-corrected chi connectivity index (χ0v) is 6.91. The fourth-order valence-electron chi connectivity index (χ4n) is 1.34. The van der Waals surface area contributed by atoms with Gasteiger partial charge in [0.2, 0.25) is 0 Å². The molecule has 0 spiro atoms. The fraction of sp³-hybridized carbons (Fsp3) is 0.875. The molecule has 3 nitrogen and oxygen atoms in total. The summed E-state index contributed by atoms with van der Waals surface area (Å²) in [6.07, 6.45) is 1.85. The van der Waals surface area contributed by atoms with Crippen molar-refractivity contribution in [1.29, 1.82) is 5.26 Å². The molecule has 1 aliphatic heterocycles. The van der Waals surface area contributed by atoms with E-state index in [4.69, 9.17) is 14.7 Å². The molecule has 62 valence electrons. The second-order valence-electron chi connectivity index (χ2n) is 2.85. The minimum Gasteiger partial charge on any atom is -0.371 e. The lowest BCUT2D eigenvalue weighted by Crippen LogP contribution is -2.26. The van der Waals surface area contributed by atoms with Gasteiger partial charge in [-0.1, -0.05) is 0 Å². The lowest BCUT2D eigenvalue weighted by Gasteiger charge is -2.14. The van der Waals surface area contributed by atoms with E-state index < -0.39 is 0 Å². The van der Waals surface area contributed by atoms with E-state index in [1.165, 1.54) is 0 Å². The van der Waals surface area contributed by atoms with Crippen LogP contribution in [0.4, 0.5) is 0 Å². The molecule has 3 atom stereocenters. The molecule has 0 N–H and O–H groups in total. The molecule has 3 heteroatoms. The van der Waals surface area contributed by atoms with Crippen LogP contribution < -0.4 is 0 Å². The van der Waals surface area contributed by atoms with Crippen molar-refractivity contribution in [3.63, 3.8) is 0 Å². The van der Waals surface area contributed by atoms with Crippen LogP contribution >= 0.6 is 0 Å². The van der Waals surface area contributed by atoms with E-state index in [2.05, 4.69) is 6.07 Å². The minimum absolute atomic E-state index is 0.0139. The van der Waals surface area contributed by atoms with Crippen molar-refractivity contribution in [2.45, 2.75) is 38.1 Å². The first-order valence-electron chi connectivity index (χ1n) is 3.85. The van der Waals surface area contributed by atoms with Crippen LogP contribution in [0.3, 0.4) is 0 Å². The first-order valence-corrected chi connectivity index (χ1v) is 3.85. The quantitative estimate of drug-likeness (QED) is 0.599. The van der Waals surface area contributed by atoms with Gasteiger partial charge in [0.05, 0.1) is 18.3 Å². The normalized spacial score (nSPS) is 33.2. The van der Waals surface area contributed by atoms with Crippen LogP contribution in [0.1, 0.15) is 19.8 Å². The van der Waals surface area contributed by atoms with Crippen LogP contribution in [0.25, 0.3) is 0 Å². The molecule has 0 amide bonds. The maximum Gasteiger partial charge on any atom is 0.169 e. The Bertz CT molecular complexity index is 164. The molecule has 0 radical (unpaired) electrons. The lowest BCUT2D eigenvalue weighted by molar-refractivity contribution is -0.0237. The maximum atomic E-state index is 8.62. The fourth-order valence-corrected chi connectivity index (χ4v) is 1.34. The van der Waals surface area contributed by atoms with Gasteiger partial charge in [0.1, 0.15) is 0 Å². The number of hydrogen-bond acceptors (Lipinski definition) is 3. The Morgan fingerprint density at radius 1 is 1.64 bits per heavy atom. The zero-order valence-electron chi connectivity index (χ0n) is 6.91. The number of hydrogen-bond donors (Lipinski definition) is 0. The summed E-state index contributed by atoms with van der Waals surface area (Å²) in [7, 11) is 1.54. The van der Waals surface area contributed by atoms with E-state index in [0.29, 0.717) is 0 Å². The molecule has 0 bridgehead atoms. The highest BCUT2D eigenvalue weighted by atomic mass is 16.5. The second kappa shape index (κ2) is 3.70. The third-order valence-corrected chi connectivity index (χ3v) is 1.98. The monoisotopic (exact) mass is 155 g/mol. The number of methoxy groups -OCH3 is 1. The zero-order chi connectivity index (χ0) is 8.27. The molecule has 0 aromatic carbocycles. The van der Waals surface area contributed by atoms with E-state index in [-0.39, 0.29) is 18.3 Å². The Labute approximate surface area is 66.9 Å². The van der Waals surface area contributed by atoms with Gasteiger partial charge in [-0.05, 0) is 19.8 Å². The molecule has 0 saturated carbocycles. The number of nitrogens with zero attached hydrogens (tertiary/aromatic N) is 1. The van der Waals surface area contributed by atoms with Crippen LogP contribution in [0.15, 0.2) is 0 Å². The third-order valence-electron chi connectivity index (χ3n) is 1.98. The largest absolute Gasteiger partial charge is 0.371 e.